The van der Waals surface area contributed by atoms with Crippen LogP contribution in [0.1, 0.15) is 5.56 Å². The van der Waals surface area contributed by atoms with Gasteiger partial charge in [0.05, 0.1) is 26.3 Å². The van der Waals surface area contributed by atoms with Crippen molar-refractivity contribution in [2.75, 3.05) is 19.2 Å². The van der Waals surface area contributed by atoms with E-state index in [4.69, 9.17) is 39.0 Å². The number of thiocarbonyl (C=S) groups is 1. The smallest absolute Gasteiger partial charge is 0.243 e. The summed E-state index contributed by atoms with van der Waals surface area (Å²) in [6.07, 6.45) is 0.118. The van der Waals surface area contributed by atoms with Crippen molar-refractivity contribution in [2.24, 2.45) is 5.73 Å². The maximum atomic E-state index is 12.4. The van der Waals surface area contributed by atoms with E-state index in [-0.39, 0.29) is 17.4 Å². The van der Waals surface area contributed by atoms with Gasteiger partial charge in [-0.05, 0) is 54.2 Å². The van der Waals surface area contributed by atoms with E-state index >= 15 is 0 Å². The fraction of sp³-hybridized carbons (Fsp3) is 0.176. The standard InChI is InChI=1S/C17H18ClN3O3S/c1-23-14-8-3-11(9-15(14)24-2)10-16(22)20-21(17(19)25)13-6-4-12(18)5-7-13/h3-9H,10H2,1-2H3,(H2,19,25)(H,20,22). The van der Waals surface area contributed by atoms with E-state index < -0.39 is 0 Å². The van der Waals surface area contributed by atoms with Gasteiger partial charge in [-0.25, -0.2) is 5.01 Å². The number of anilines is 1. The number of benzene rings is 2. The molecule has 0 aromatic heterocycles. The summed E-state index contributed by atoms with van der Waals surface area (Å²) in [6, 6.07) is 12.0. The molecule has 2 aromatic carbocycles. The van der Waals surface area contributed by atoms with E-state index in [1.807, 2.05) is 0 Å². The number of rotatable bonds is 5. The Morgan fingerprint density at radius 1 is 1.16 bits per heavy atom. The van der Waals surface area contributed by atoms with Crippen molar-refractivity contribution < 1.29 is 14.3 Å². The highest BCUT2D eigenvalue weighted by atomic mass is 35.5. The fourth-order valence-electron chi connectivity index (χ4n) is 2.18. The number of ether oxygens (including phenoxy) is 2. The number of nitrogens with zero attached hydrogens (tertiary/aromatic N) is 1. The summed E-state index contributed by atoms with van der Waals surface area (Å²) in [5.41, 5.74) is 9.75. The van der Waals surface area contributed by atoms with E-state index in [0.29, 0.717) is 22.2 Å². The van der Waals surface area contributed by atoms with Crippen molar-refractivity contribution in [3.63, 3.8) is 0 Å². The van der Waals surface area contributed by atoms with Crippen LogP contribution in [0, 0.1) is 0 Å². The Balaban J connectivity index is 2.11. The molecule has 0 saturated carbocycles. The summed E-state index contributed by atoms with van der Waals surface area (Å²) in [5, 5.41) is 1.92. The third-order valence-corrected chi connectivity index (χ3v) is 3.79. The molecule has 132 valence electrons. The molecule has 0 unspecified atom stereocenters. The molecule has 6 nitrogen and oxygen atoms in total. The van der Waals surface area contributed by atoms with Crippen molar-refractivity contribution in [1.82, 2.24) is 5.43 Å². The molecule has 3 N–H and O–H groups in total. The molecule has 1 amide bonds. The monoisotopic (exact) mass is 379 g/mol. The Hall–Kier alpha value is -2.51. The van der Waals surface area contributed by atoms with E-state index in [1.165, 1.54) is 12.1 Å². The first-order valence-electron chi connectivity index (χ1n) is 7.30. The van der Waals surface area contributed by atoms with Crippen LogP contribution in [-0.4, -0.2) is 25.2 Å². The van der Waals surface area contributed by atoms with E-state index in [9.17, 15) is 4.79 Å². The summed E-state index contributed by atoms with van der Waals surface area (Å²) >= 11 is 10.9. The summed E-state index contributed by atoms with van der Waals surface area (Å²) in [5.74, 6) is 0.865. The Labute approximate surface area is 156 Å². The molecule has 0 radical (unpaired) electrons. The zero-order chi connectivity index (χ0) is 18.4. The zero-order valence-corrected chi connectivity index (χ0v) is 15.4. The van der Waals surface area contributed by atoms with Gasteiger partial charge in [0.2, 0.25) is 5.91 Å². The van der Waals surface area contributed by atoms with Crippen LogP contribution in [-0.2, 0) is 11.2 Å². The molecule has 2 aromatic rings. The second kappa shape index (κ2) is 8.55. The van der Waals surface area contributed by atoms with Gasteiger partial charge >= 0.3 is 0 Å². The third kappa shape index (κ3) is 4.98. The van der Waals surface area contributed by atoms with Crippen LogP contribution in [0.15, 0.2) is 42.5 Å². The van der Waals surface area contributed by atoms with Gasteiger partial charge in [0.15, 0.2) is 16.6 Å². The maximum absolute atomic E-state index is 12.4. The topological polar surface area (TPSA) is 76.8 Å². The third-order valence-electron chi connectivity index (χ3n) is 3.35. The summed E-state index contributed by atoms with van der Waals surface area (Å²) in [6.45, 7) is 0. The van der Waals surface area contributed by atoms with Gasteiger partial charge in [0.25, 0.3) is 0 Å². The molecular formula is C17H18ClN3O3S. The van der Waals surface area contributed by atoms with Crippen LogP contribution in [0.4, 0.5) is 5.69 Å². The zero-order valence-electron chi connectivity index (χ0n) is 13.8. The number of nitrogens with two attached hydrogens (primary N) is 1. The summed E-state index contributed by atoms with van der Waals surface area (Å²) < 4.78 is 10.4. The number of hydrogen-bond donors (Lipinski definition) is 2. The molecule has 0 aliphatic rings. The van der Waals surface area contributed by atoms with Crippen LogP contribution in [0.2, 0.25) is 5.02 Å². The number of hydrazine groups is 1. The number of hydrogen-bond acceptors (Lipinski definition) is 4. The van der Waals surface area contributed by atoms with Gasteiger partial charge in [0.1, 0.15) is 0 Å². The number of halogens is 1. The lowest BCUT2D eigenvalue weighted by atomic mass is 10.1. The van der Waals surface area contributed by atoms with Gasteiger partial charge in [0, 0.05) is 5.02 Å². The molecular weight excluding hydrogens is 362 g/mol. The Morgan fingerprint density at radius 3 is 2.36 bits per heavy atom. The molecule has 0 aliphatic carbocycles. The van der Waals surface area contributed by atoms with Crippen LogP contribution >= 0.6 is 23.8 Å². The molecule has 2 rings (SSSR count). The molecule has 0 spiro atoms. The first kappa shape index (κ1) is 18.8. The second-order valence-corrected chi connectivity index (χ2v) is 5.91. The lowest BCUT2D eigenvalue weighted by Crippen LogP contribution is -2.49. The number of methoxy groups -OCH3 is 2. The number of carbonyl (C=O) groups excluding carboxylic acids is 1. The molecule has 0 heterocycles. The highest BCUT2D eigenvalue weighted by Gasteiger charge is 2.14. The van der Waals surface area contributed by atoms with E-state index in [2.05, 4.69) is 5.43 Å². The molecule has 25 heavy (non-hydrogen) atoms. The predicted octanol–water partition coefficient (Wildman–Crippen LogP) is 2.68. The maximum Gasteiger partial charge on any atom is 0.243 e. The number of nitrogens with one attached hydrogen (secondary N) is 1. The first-order valence-corrected chi connectivity index (χ1v) is 8.08. The van der Waals surface area contributed by atoms with Crippen molar-refractivity contribution in [1.29, 1.82) is 0 Å². The molecule has 0 aliphatic heterocycles. The van der Waals surface area contributed by atoms with Gasteiger partial charge in [-0.2, -0.15) is 0 Å². The minimum Gasteiger partial charge on any atom is -0.493 e. The van der Waals surface area contributed by atoms with Gasteiger partial charge in [-0.1, -0.05) is 17.7 Å². The lowest BCUT2D eigenvalue weighted by Gasteiger charge is -2.23. The van der Waals surface area contributed by atoms with Gasteiger partial charge in [-0.3, -0.25) is 10.2 Å². The normalized spacial score (nSPS) is 10.0. The highest BCUT2D eigenvalue weighted by molar-refractivity contribution is 7.80. The highest BCUT2D eigenvalue weighted by Crippen LogP contribution is 2.27. The minimum atomic E-state index is -0.282. The SMILES string of the molecule is COc1ccc(CC(=O)NN(C(N)=S)c2ccc(Cl)cc2)cc1OC. The molecule has 0 atom stereocenters. The van der Waals surface area contributed by atoms with Gasteiger partial charge < -0.3 is 15.2 Å². The average molecular weight is 380 g/mol. The Bertz CT molecular complexity index is 768. The largest absolute Gasteiger partial charge is 0.493 e. The average Bonchev–Trinajstić information content (AvgIpc) is 2.60. The summed E-state index contributed by atoms with van der Waals surface area (Å²) in [7, 11) is 3.09. The molecule has 0 saturated heterocycles. The van der Waals surface area contributed by atoms with Crippen LogP contribution in [0.3, 0.4) is 0 Å². The minimum absolute atomic E-state index is 0.0167. The summed E-state index contributed by atoms with van der Waals surface area (Å²) in [4.78, 5) is 12.4. The molecule has 0 fully saturated rings. The number of amides is 1. The van der Waals surface area contributed by atoms with Crippen molar-refractivity contribution in [3.8, 4) is 11.5 Å². The molecule has 8 heteroatoms. The Kier molecular flexibility index (Phi) is 6.44. The van der Waals surface area contributed by atoms with Crippen molar-refractivity contribution >= 4 is 40.5 Å². The Morgan fingerprint density at radius 2 is 1.80 bits per heavy atom. The first-order chi connectivity index (χ1) is 11.9. The van der Waals surface area contributed by atoms with E-state index in [0.717, 1.165) is 5.56 Å². The fourth-order valence-corrected chi connectivity index (χ4v) is 2.45. The van der Waals surface area contributed by atoms with Crippen LogP contribution < -0.4 is 25.6 Å². The van der Waals surface area contributed by atoms with Crippen molar-refractivity contribution in [3.05, 3.63) is 53.1 Å². The lowest BCUT2D eigenvalue weighted by molar-refractivity contribution is -0.120. The molecule has 0 bridgehead atoms. The van der Waals surface area contributed by atoms with Crippen LogP contribution in [0.5, 0.6) is 11.5 Å². The van der Waals surface area contributed by atoms with Crippen molar-refractivity contribution in [2.45, 2.75) is 6.42 Å². The number of carbonyl (C=O) groups is 1. The van der Waals surface area contributed by atoms with E-state index in [1.54, 1.807) is 49.6 Å². The van der Waals surface area contributed by atoms with Gasteiger partial charge in [-0.15, -0.1) is 0 Å². The quantitative estimate of drug-likeness (QED) is 0.614. The predicted molar refractivity (Wildman–Crippen MR) is 102 cm³/mol. The second-order valence-electron chi connectivity index (χ2n) is 5.05. The van der Waals surface area contributed by atoms with Crippen LogP contribution in [0.25, 0.3) is 0 Å².